The van der Waals surface area contributed by atoms with E-state index in [0.717, 1.165) is 19.5 Å². The van der Waals surface area contributed by atoms with E-state index in [0.29, 0.717) is 24.4 Å². The van der Waals surface area contributed by atoms with Gasteiger partial charge in [-0.15, -0.1) is 12.4 Å². The summed E-state index contributed by atoms with van der Waals surface area (Å²) in [5.74, 6) is 0.428. The van der Waals surface area contributed by atoms with Crippen molar-refractivity contribution < 1.29 is 14.6 Å². The third-order valence-electron chi connectivity index (χ3n) is 3.06. The Morgan fingerprint density at radius 1 is 1.37 bits per heavy atom. The van der Waals surface area contributed by atoms with E-state index in [-0.39, 0.29) is 24.1 Å². The lowest BCUT2D eigenvalue weighted by Crippen LogP contribution is -2.34. The second-order valence-electron chi connectivity index (χ2n) is 4.28. The first kappa shape index (κ1) is 15.6. The summed E-state index contributed by atoms with van der Waals surface area (Å²) < 4.78 is 5.08. The summed E-state index contributed by atoms with van der Waals surface area (Å²) in [6.07, 6.45) is 0.927. The van der Waals surface area contributed by atoms with Crippen molar-refractivity contribution in [1.29, 1.82) is 0 Å². The molecule has 0 saturated carbocycles. The fraction of sp³-hybridized carbons (Fsp3) is 0.462. The van der Waals surface area contributed by atoms with Gasteiger partial charge in [0, 0.05) is 19.6 Å². The molecule has 0 aliphatic carbocycles. The molecule has 0 unspecified atom stereocenters. The molecule has 0 spiro atoms. The molecular weight excluding hydrogens is 268 g/mol. The second-order valence-corrected chi connectivity index (χ2v) is 4.28. The summed E-state index contributed by atoms with van der Waals surface area (Å²) in [4.78, 5) is 14.1. The quantitative estimate of drug-likeness (QED) is 0.859. The van der Waals surface area contributed by atoms with Crippen LogP contribution in [-0.2, 0) is 0 Å². The van der Waals surface area contributed by atoms with Crippen LogP contribution in [0.25, 0.3) is 0 Å². The topological polar surface area (TPSA) is 61.8 Å². The molecule has 0 aromatic heterocycles. The first-order chi connectivity index (χ1) is 8.72. The molecule has 2 rings (SSSR count). The van der Waals surface area contributed by atoms with Crippen molar-refractivity contribution in [1.82, 2.24) is 10.2 Å². The van der Waals surface area contributed by atoms with E-state index >= 15 is 0 Å². The number of halogens is 1. The summed E-state index contributed by atoms with van der Waals surface area (Å²) in [7, 11) is 1.54. The summed E-state index contributed by atoms with van der Waals surface area (Å²) in [6.45, 7) is 3.09. The number of carbonyl (C=O) groups is 1. The van der Waals surface area contributed by atoms with Gasteiger partial charge in [0.25, 0.3) is 5.91 Å². The number of aromatic hydroxyl groups is 1. The zero-order chi connectivity index (χ0) is 13.0. The van der Waals surface area contributed by atoms with E-state index in [1.54, 1.807) is 17.0 Å². The van der Waals surface area contributed by atoms with E-state index in [1.807, 2.05) is 0 Å². The fourth-order valence-electron chi connectivity index (χ4n) is 2.03. The zero-order valence-electron chi connectivity index (χ0n) is 10.9. The minimum atomic E-state index is -0.143. The van der Waals surface area contributed by atoms with Crippen molar-refractivity contribution in [3.63, 3.8) is 0 Å². The van der Waals surface area contributed by atoms with Gasteiger partial charge in [-0.2, -0.15) is 0 Å². The van der Waals surface area contributed by atoms with Crippen LogP contribution in [0.5, 0.6) is 11.5 Å². The number of phenols is 1. The molecule has 1 saturated heterocycles. The predicted octanol–water partition coefficient (Wildman–Crippen LogP) is 1.26. The third kappa shape index (κ3) is 3.75. The van der Waals surface area contributed by atoms with Gasteiger partial charge in [-0.1, -0.05) is 0 Å². The van der Waals surface area contributed by atoms with Crippen LogP contribution in [0.2, 0.25) is 0 Å². The average Bonchev–Trinajstić information content (AvgIpc) is 2.67. The van der Waals surface area contributed by atoms with Gasteiger partial charge in [-0.3, -0.25) is 4.79 Å². The fourth-order valence-corrected chi connectivity index (χ4v) is 2.03. The first-order valence-corrected chi connectivity index (χ1v) is 6.09. The van der Waals surface area contributed by atoms with Gasteiger partial charge in [-0.05, 0) is 31.2 Å². The van der Waals surface area contributed by atoms with Gasteiger partial charge in [0.05, 0.1) is 12.7 Å². The Kier molecular flexibility index (Phi) is 5.92. The van der Waals surface area contributed by atoms with Crippen LogP contribution in [0.1, 0.15) is 16.8 Å². The minimum Gasteiger partial charge on any atom is -0.507 e. The summed E-state index contributed by atoms with van der Waals surface area (Å²) in [5.41, 5.74) is 0.302. The third-order valence-corrected chi connectivity index (χ3v) is 3.06. The number of rotatable bonds is 2. The highest BCUT2D eigenvalue weighted by atomic mass is 35.5. The molecule has 1 aliphatic heterocycles. The number of phenolic OH excluding ortho intramolecular Hbond substituents is 1. The lowest BCUT2D eigenvalue weighted by molar-refractivity contribution is 0.0763. The number of methoxy groups -OCH3 is 1. The number of hydrogen-bond acceptors (Lipinski definition) is 4. The molecule has 0 atom stereocenters. The van der Waals surface area contributed by atoms with E-state index < -0.39 is 0 Å². The number of amides is 1. The molecular formula is C13H19ClN2O3. The highest BCUT2D eigenvalue weighted by Gasteiger charge is 2.20. The van der Waals surface area contributed by atoms with E-state index in [2.05, 4.69) is 5.32 Å². The van der Waals surface area contributed by atoms with Crippen molar-refractivity contribution >= 4 is 18.3 Å². The van der Waals surface area contributed by atoms with Crippen LogP contribution in [0.4, 0.5) is 0 Å². The molecule has 1 aromatic rings. The first-order valence-electron chi connectivity index (χ1n) is 6.09. The van der Waals surface area contributed by atoms with Crippen LogP contribution >= 0.6 is 12.4 Å². The van der Waals surface area contributed by atoms with Crippen LogP contribution in [0, 0.1) is 0 Å². The molecule has 1 heterocycles. The Bertz CT molecular complexity index is 432. The smallest absolute Gasteiger partial charge is 0.257 e. The SMILES string of the molecule is COc1ccc(O)c(C(=O)N2CCCNCC2)c1.Cl. The maximum absolute atomic E-state index is 12.3. The molecule has 1 aliphatic rings. The Morgan fingerprint density at radius 2 is 2.16 bits per heavy atom. The molecule has 5 nitrogen and oxygen atoms in total. The average molecular weight is 287 g/mol. The van der Waals surface area contributed by atoms with Crippen molar-refractivity contribution in [2.45, 2.75) is 6.42 Å². The molecule has 19 heavy (non-hydrogen) atoms. The van der Waals surface area contributed by atoms with Gasteiger partial charge in [0.15, 0.2) is 0 Å². The van der Waals surface area contributed by atoms with Crippen molar-refractivity contribution in [2.75, 3.05) is 33.3 Å². The zero-order valence-corrected chi connectivity index (χ0v) is 11.7. The summed E-state index contributed by atoms with van der Waals surface area (Å²) in [6, 6.07) is 4.70. The van der Waals surface area contributed by atoms with Gasteiger partial charge in [0.1, 0.15) is 11.5 Å². The molecule has 1 fully saturated rings. The number of benzene rings is 1. The Morgan fingerprint density at radius 3 is 2.89 bits per heavy atom. The largest absolute Gasteiger partial charge is 0.507 e. The molecule has 0 radical (unpaired) electrons. The van der Waals surface area contributed by atoms with Crippen LogP contribution in [0.3, 0.4) is 0 Å². The predicted molar refractivity (Wildman–Crippen MR) is 75.3 cm³/mol. The normalized spacial score (nSPS) is 15.3. The lowest BCUT2D eigenvalue weighted by atomic mass is 10.1. The highest BCUT2D eigenvalue weighted by Crippen LogP contribution is 2.24. The van der Waals surface area contributed by atoms with Crippen LogP contribution in [-0.4, -0.2) is 49.2 Å². The lowest BCUT2D eigenvalue weighted by Gasteiger charge is -2.20. The molecule has 1 aromatic carbocycles. The van der Waals surface area contributed by atoms with Gasteiger partial charge in [0.2, 0.25) is 0 Å². The van der Waals surface area contributed by atoms with E-state index in [4.69, 9.17) is 4.74 Å². The van der Waals surface area contributed by atoms with Crippen molar-refractivity contribution in [3.8, 4) is 11.5 Å². The molecule has 0 bridgehead atoms. The molecule has 6 heteroatoms. The molecule has 1 amide bonds. The van der Waals surface area contributed by atoms with Gasteiger partial charge in [-0.25, -0.2) is 0 Å². The van der Waals surface area contributed by atoms with Gasteiger partial charge < -0.3 is 20.1 Å². The molecule has 2 N–H and O–H groups in total. The van der Waals surface area contributed by atoms with Crippen molar-refractivity contribution in [3.05, 3.63) is 23.8 Å². The summed E-state index contributed by atoms with van der Waals surface area (Å²) >= 11 is 0. The highest BCUT2D eigenvalue weighted by molar-refractivity contribution is 5.97. The minimum absolute atomic E-state index is 0. The van der Waals surface area contributed by atoms with E-state index in [1.165, 1.54) is 13.2 Å². The Balaban J connectivity index is 0.00000180. The number of nitrogens with zero attached hydrogens (tertiary/aromatic N) is 1. The maximum Gasteiger partial charge on any atom is 0.257 e. The number of nitrogens with one attached hydrogen (secondary N) is 1. The Hall–Kier alpha value is -1.46. The standard InChI is InChI=1S/C13H18N2O3.ClH/c1-18-10-3-4-12(16)11(9-10)13(17)15-7-2-5-14-6-8-15;/h3-4,9,14,16H,2,5-8H2,1H3;1H. The van der Waals surface area contributed by atoms with Crippen LogP contribution < -0.4 is 10.1 Å². The van der Waals surface area contributed by atoms with Gasteiger partial charge >= 0.3 is 0 Å². The second kappa shape index (κ2) is 7.21. The van der Waals surface area contributed by atoms with Crippen LogP contribution in [0.15, 0.2) is 18.2 Å². The van der Waals surface area contributed by atoms with E-state index in [9.17, 15) is 9.90 Å². The summed E-state index contributed by atoms with van der Waals surface area (Å²) in [5, 5.41) is 13.0. The van der Waals surface area contributed by atoms with Crippen molar-refractivity contribution in [2.24, 2.45) is 0 Å². The maximum atomic E-state index is 12.3. The Labute approximate surface area is 119 Å². The number of carbonyl (C=O) groups excluding carboxylic acids is 1. The molecule has 106 valence electrons. The number of ether oxygens (including phenoxy) is 1. The number of hydrogen-bond donors (Lipinski definition) is 2. The monoisotopic (exact) mass is 286 g/mol.